The third-order valence-corrected chi connectivity index (χ3v) is 3.67. The fraction of sp³-hybridized carbons (Fsp3) is 0.357. The lowest BCUT2D eigenvalue weighted by Gasteiger charge is -2.16. The predicted octanol–water partition coefficient (Wildman–Crippen LogP) is 3.97. The molecule has 3 nitrogen and oxygen atoms in total. The van der Waals surface area contributed by atoms with Crippen molar-refractivity contribution in [2.24, 2.45) is 7.05 Å². The van der Waals surface area contributed by atoms with E-state index in [4.69, 9.17) is 0 Å². The quantitative estimate of drug-likeness (QED) is 0.929. The van der Waals surface area contributed by atoms with E-state index in [-0.39, 0.29) is 6.04 Å². The van der Waals surface area contributed by atoms with Gasteiger partial charge in [-0.3, -0.25) is 4.68 Å². The van der Waals surface area contributed by atoms with Crippen molar-refractivity contribution in [1.82, 2.24) is 9.78 Å². The average molecular weight is 308 g/mol. The molecule has 2 aromatic rings. The van der Waals surface area contributed by atoms with Gasteiger partial charge < -0.3 is 5.32 Å². The van der Waals surface area contributed by atoms with Crippen LogP contribution in [0.15, 0.2) is 28.9 Å². The maximum Gasteiger partial charge on any atom is 0.0646 e. The Morgan fingerprint density at radius 2 is 2.06 bits per heavy atom. The second kappa shape index (κ2) is 5.14. The molecule has 0 saturated carbocycles. The van der Waals surface area contributed by atoms with Crippen LogP contribution in [0.1, 0.15) is 29.8 Å². The second-order valence-electron chi connectivity index (χ2n) is 4.69. The fourth-order valence-corrected chi connectivity index (χ4v) is 2.70. The molecule has 1 heterocycles. The Bertz CT molecular complexity index is 560. The molecule has 1 aromatic heterocycles. The molecule has 4 heteroatoms. The number of nitrogens with zero attached hydrogens (tertiary/aromatic N) is 2. The Hall–Kier alpha value is -1.29. The summed E-state index contributed by atoms with van der Waals surface area (Å²) in [7, 11) is 1.95. The van der Waals surface area contributed by atoms with Gasteiger partial charge in [-0.15, -0.1) is 0 Å². The van der Waals surface area contributed by atoms with E-state index >= 15 is 0 Å². The highest BCUT2D eigenvalue weighted by atomic mass is 79.9. The monoisotopic (exact) mass is 307 g/mol. The van der Waals surface area contributed by atoms with Crippen molar-refractivity contribution >= 4 is 21.6 Å². The molecule has 1 atom stereocenters. The van der Waals surface area contributed by atoms with Crippen molar-refractivity contribution < 1.29 is 0 Å². The molecule has 96 valence electrons. The zero-order valence-corrected chi connectivity index (χ0v) is 12.7. The Labute approximate surface area is 116 Å². The smallest absolute Gasteiger partial charge is 0.0646 e. The van der Waals surface area contributed by atoms with Crippen LogP contribution in [0.4, 0.5) is 5.69 Å². The number of rotatable bonds is 3. The van der Waals surface area contributed by atoms with Gasteiger partial charge in [0.05, 0.1) is 11.7 Å². The average Bonchev–Trinajstić information content (AvgIpc) is 2.62. The number of aryl methyl sites for hydroxylation is 3. The van der Waals surface area contributed by atoms with Crippen LogP contribution in [-0.4, -0.2) is 9.78 Å². The minimum absolute atomic E-state index is 0.234. The summed E-state index contributed by atoms with van der Waals surface area (Å²) in [5, 5.41) is 7.88. The zero-order valence-electron chi connectivity index (χ0n) is 11.2. The van der Waals surface area contributed by atoms with Gasteiger partial charge >= 0.3 is 0 Å². The minimum Gasteiger partial charge on any atom is -0.377 e. The summed E-state index contributed by atoms with van der Waals surface area (Å²) in [4.78, 5) is 0. The lowest BCUT2D eigenvalue weighted by Crippen LogP contribution is -2.07. The third-order valence-electron chi connectivity index (χ3n) is 3.01. The van der Waals surface area contributed by atoms with E-state index in [1.807, 2.05) is 18.7 Å². The van der Waals surface area contributed by atoms with E-state index in [9.17, 15) is 0 Å². The van der Waals surface area contributed by atoms with E-state index in [0.717, 1.165) is 15.9 Å². The molecule has 0 aliphatic carbocycles. The summed E-state index contributed by atoms with van der Waals surface area (Å²) in [5.74, 6) is 0. The largest absolute Gasteiger partial charge is 0.377 e. The summed E-state index contributed by atoms with van der Waals surface area (Å²) < 4.78 is 2.95. The molecule has 2 rings (SSSR count). The molecule has 0 spiro atoms. The van der Waals surface area contributed by atoms with E-state index in [1.165, 1.54) is 11.1 Å². The number of halogens is 1. The molecule has 18 heavy (non-hydrogen) atoms. The van der Waals surface area contributed by atoms with Gasteiger partial charge in [0, 0.05) is 29.0 Å². The maximum absolute atomic E-state index is 4.38. The minimum atomic E-state index is 0.234. The van der Waals surface area contributed by atoms with Crippen molar-refractivity contribution in [2.45, 2.75) is 26.8 Å². The number of nitrogens with one attached hydrogen (secondary N) is 1. The van der Waals surface area contributed by atoms with Crippen LogP contribution in [0, 0.1) is 13.8 Å². The molecule has 0 amide bonds. The van der Waals surface area contributed by atoms with Gasteiger partial charge in [-0.25, -0.2) is 0 Å². The fourth-order valence-electron chi connectivity index (χ4n) is 2.09. The van der Waals surface area contributed by atoms with Gasteiger partial charge in [0.25, 0.3) is 0 Å². The standard InChI is InChI=1S/C14H18BrN3/c1-9-5-6-14(13(15)7-9)16-10(2)12-8-18(4)17-11(12)3/h5-8,10,16H,1-4H3. The molecule has 0 fully saturated rings. The van der Waals surface area contributed by atoms with E-state index < -0.39 is 0 Å². The van der Waals surface area contributed by atoms with E-state index in [0.29, 0.717) is 0 Å². The second-order valence-corrected chi connectivity index (χ2v) is 5.55. The molecule has 0 radical (unpaired) electrons. The van der Waals surface area contributed by atoms with Crippen molar-refractivity contribution in [3.05, 3.63) is 45.7 Å². The van der Waals surface area contributed by atoms with Gasteiger partial charge in [0.2, 0.25) is 0 Å². The van der Waals surface area contributed by atoms with Crippen LogP contribution in [0.25, 0.3) is 0 Å². The van der Waals surface area contributed by atoms with Gasteiger partial charge in [0.15, 0.2) is 0 Å². The van der Waals surface area contributed by atoms with Crippen molar-refractivity contribution in [2.75, 3.05) is 5.32 Å². The van der Waals surface area contributed by atoms with Gasteiger partial charge in [-0.05, 0) is 54.4 Å². The van der Waals surface area contributed by atoms with Crippen LogP contribution < -0.4 is 5.32 Å². The number of benzene rings is 1. The van der Waals surface area contributed by atoms with E-state index in [1.54, 1.807) is 0 Å². The molecule has 0 aliphatic heterocycles. The lowest BCUT2D eigenvalue weighted by molar-refractivity contribution is 0.756. The Kier molecular flexibility index (Phi) is 3.76. The highest BCUT2D eigenvalue weighted by Crippen LogP contribution is 2.28. The SMILES string of the molecule is Cc1ccc(NC(C)c2cn(C)nc2C)c(Br)c1. The Morgan fingerprint density at radius 3 is 2.61 bits per heavy atom. The zero-order chi connectivity index (χ0) is 13.3. The molecule has 0 aliphatic rings. The first-order valence-corrected chi connectivity index (χ1v) is 6.79. The van der Waals surface area contributed by atoms with Crippen LogP contribution in [-0.2, 0) is 7.05 Å². The van der Waals surface area contributed by atoms with Crippen molar-refractivity contribution in [3.63, 3.8) is 0 Å². The highest BCUT2D eigenvalue weighted by molar-refractivity contribution is 9.10. The predicted molar refractivity (Wildman–Crippen MR) is 78.9 cm³/mol. The summed E-state index contributed by atoms with van der Waals surface area (Å²) in [6.07, 6.45) is 2.06. The molecular weight excluding hydrogens is 290 g/mol. The summed E-state index contributed by atoms with van der Waals surface area (Å²) >= 11 is 3.59. The van der Waals surface area contributed by atoms with E-state index in [2.05, 4.69) is 64.6 Å². The van der Waals surface area contributed by atoms with Crippen LogP contribution in [0.3, 0.4) is 0 Å². The number of aromatic nitrogens is 2. The maximum atomic E-state index is 4.38. The normalized spacial score (nSPS) is 12.5. The highest BCUT2D eigenvalue weighted by Gasteiger charge is 2.12. The lowest BCUT2D eigenvalue weighted by atomic mass is 10.1. The first-order chi connectivity index (χ1) is 8.47. The molecular formula is C14H18BrN3. The first kappa shape index (κ1) is 13.1. The third kappa shape index (κ3) is 2.75. The van der Waals surface area contributed by atoms with Crippen LogP contribution in [0.2, 0.25) is 0 Å². The first-order valence-electron chi connectivity index (χ1n) is 6.00. The van der Waals surface area contributed by atoms with Crippen LogP contribution >= 0.6 is 15.9 Å². The summed E-state index contributed by atoms with van der Waals surface area (Å²) in [5.41, 5.74) is 4.65. The van der Waals surface area contributed by atoms with Crippen LogP contribution in [0.5, 0.6) is 0 Å². The summed E-state index contributed by atoms with van der Waals surface area (Å²) in [6, 6.07) is 6.56. The molecule has 1 N–H and O–H groups in total. The van der Waals surface area contributed by atoms with Crippen molar-refractivity contribution in [1.29, 1.82) is 0 Å². The Morgan fingerprint density at radius 1 is 1.33 bits per heavy atom. The molecule has 1 aromatic carbocycles. The number of anilines is 1. The number of hydrogen-bond donors (Lipinski definition) is 1. The molecule has 1 unspecified atom stereocenters. The van der Waals surface area contributed by atoms with Gasteiger partial charge in [0.1, 0.15) is 0 Å². The van der Waals surface area contributed by atoms with Gasteiger partial charge in [-0.2, -0.15) is 5.10 Å². The summed E-state index contributed by atoms with van der Waals surface area (Å²) in [6.45, 7) is 6.28. The van der Waals surface area contributed by atoms with Crippen molar-refractivity contribution in [3.8, 4) is 0 Å². The number of hydrogen-bond acceptors (Lipinski definition) is 2. The topological polar surface area (TPSA) is 29.9 Å². The molecule has 0 bridgehead atoms. The molecule has 0 saturated heterocycles. The Balaban J connectivity index is 2.21. The van der Waals surface area contributed by atoms with Gasteiger partial charge in [-0.1, -0.05) is 6.07 Å².